The molecule has 0 amide bonds. The van der Waals surface area contributed by atoms with Gasteiger partial charge in [0, 0.05) is 20.2 Å². The average Bonchev–Trinajstić information content (AvgIpc) is 2.58. The smallest absolute Gasteiger partial charge is 0.0746 e. The minimum absolute atomic E-state index is 0.172. The van der Waals surface area contributed by atoms with Gasteiger partial charge in [-0.3, -0.25) is 4.90 Å². The van der Waals surface area contributed by atoms with Gasteiger partial charge < -0.3 is 9.84 Å². The fraction of sp³-hybridized carbons (Fsp3) is 0.778. The Labute approximate surface area is 72.6 Å². The van der Waals surface area contributed by atoms with Crippen LogP contribution in [-0.2, 0) is 4.74 Å². The van der Waals surface area contributed by atoms with E-state index in [4.69, 9.17) is 4.74 Å². The highest BCUT2D eigenvalue weighted by molar-refractivity contribution is 5.23. The molecule has 0 aromatic carbocycles. The Hall–Kier alpha value is -0.380. The molecule has 3 nitrogen and oxygen atoms in total. The largest absolute Gasteiger partial charge is 0.391 e. The summed E-state index contributed by atoms with van der Waals surface area (Å²) in [5.41, 5.74) is 1.25. The fourth-order valence-corrected chi connectivity index (χ4v) is 2.19. The van der Waals surface area contributed by atoms with Crippen molar-refractivity contribution in [3.8, 4) is 0 Å². The van der Waals surface area contributed by atoms with Gasteiger partial charge in [-0.15, -0.1) is 0 Å². The predicted molar refractivity (Wildman–Crippen MR) is 45.9 cm³/mol. The number of methoxy groups -OCH3 is 1. The summed E-state index contributed by atoms with van der Waals surface area (Å²) in [6, 6.07) is 0.255. The van der Waals surface area contributed by atoms with Crippen molar-refractivity contribution in [1.82, 2.24) is 4.90 Å². The van der Waals surface area contributed by atoms with Crippen LogP contribution in [0.15, 0.2) is 11.6 Å². The maximum Gasteiger partial charge on any atom is 0.0746 e. The molecule has 0 aliphatic carbocycles. The second-order valence-electron chi connectivity index (χ2n) is 3.51. The zero-order valence-electron chi connectivity index (χ0n) is 7.36. The molecule has 0 aromatic rings. The van der Waals surface area contributed by atoms with E-state index in [0.717, 1.165) is 19.5 Å². The van der Waals surface area contributed by atoms with E-state index in [1.165, 1.54) is 5.57 Å². The molecule has 1 saturated heterocycles. The van der Waals surface area contributed by atoms with E-state index >= 15 is 0 Å². The molecular weight excluding hydrogens is 154 g/mol. The minimum Gasteiger partial charge on any atom is -0.391 e. The Morgan fingerprint density at radius 3 is 3.33 bits per heavy atom. The van der Waals surface area contributed by atoms with Gasteiger partial charge in [0.05, 0.1) is 18.8 Å². The maximum atomic E-state index is 9.66. The first-order valence-corrected chi connectivity index (χ1v) is 4.43. The molecule has 2 atom stereocenters. The van der Waals surface area contributed by atoms with Gasteiger partial charge in [-0.25, -0.2) is 0 Å². The number of nitrogens with zero attached hydrogens (tertiary/aromatic N) is 1. The van der Waals surface area contributed by atoms with Crippen molar-refractivity contribution in [2.24, 2.45) is 0 Å². The summed E-state index contributed by atoms with van der Waals surface area (Å²) >= 11 is 0. The second kappa shape index (κ2) is 3.17. The lowest BCUT2D eigenvalue weighted by Crippen LogP contribution is -2.32. The first-order valence-electron chi connectivity index (χ1n) is 4.43. The summed E-state index contributed by atoms with van der Waals surface area (Å²) < 4.78 is 5.08. The molecule has 12 heavy (non-hydrogen) atoms. The van der Waals surface area contributed by atoms with Crippen molar-refractivity contribution in [3.05, 3.63) is 11.6 Å². The van der Waals surface area contributed by atoms with Gasteiger partial charge in [0.1, 0.15) is 0 Å². The normalized spacial score (nSPS) is 35.3. The van der Waals surface area contributed by atoms with Crippen molar-refractivity contribution in [3.63, 3.8) is 0 Å². The van der Waals surface area contributed by atoms with Crippen molar-refractivity contribution in [1.29, 1.82) is 0 Å². The van der Waals surface area contributed by atoms with Crippen LogP contribution < -0.4 is 0 Å². The Kier molecular flexibility index (Phi) is 2.17. The van der Waals surface area contributed by atoms with E-state index in [1.54, 1.807) is 7.11 Å². The summed E-state index contributed by atoms with van der Waals surface area (Å²) in [5, 5.41) is 9.66. The molecule has 68 valence electrons. The lowest BCUT2D eigenvalue weighted by molar-refractivity contribution is 0.133. The quantitative estimate of drug-likeness (QED) is 0.591. The van der Waals surface area contributed by atoms with Gasteiger partial charge in [-0.05, 0) is 12.0 Å². The number of fused-ring (bicyclic) bond motifs is 1. The number of hydrogen-bond donors (Lipinski definition) is 1. The molecule has 0 spiro atoms. The summed E-state index contributed by atoms with van der Waals surface area (Å²) in [6.45, 7) is 2.67. The first kappa shape index (κ1) is 8.23. The molecule has 2 heterocycles. The Bertz CT molecular complexity index is 203. The molecule has 3 heteroatoms. The second-order valence-corrected chi connectivity index (χ2v) is 3.51. The van der Waals surface area contributed by atoms with Crippen molar-refractivity contribution in [2.75, 3.05) is 26.8 Å². The third kappa shape index (κ3) is 1.18. The number of ether oxygens (including phenoxy) is 1. The van der Waals surface area contributed by atoms with E-state index in [-0.39, 0.29) is 12.1 Å². The van der Waals surface area contributed by atoms with Crippen LogP contribution in [0.5, 0.6) is 0 Å². The van der Waals surface area contributed by atoms with E-state index < -0.39 is 0 Å². The third-order valence-electron chi connectivity index (χ3n) is 2.75. The van der Waals surface area contributed by atoms with E-state index in [9.17, 15) is 5.11 Å². The molecular formula is C9H15NO2. The SMILES string of the molecule is COCC1=CCN2CC[C@H](O)[C@@H]12. The van der Waals surface area contributed by atoms with Crippen LogP contribution in [-0.4, -0.2) is 49.0 Å². The van der Waals surface area contributed by atoms with Crippen LogP contribution in [0.4, 0.5) is 0 Å². The molecule has 0 aromatic heterocycles. The molecule has 1 fully saturated rings. The van der Waals surface area contributed by atoms with E-state index in [0.29, 0.717) is 6.61 Å². The molecule has 0 saturated carbocycles. The maximum absolute atomic E-state index is 9.66. The molecule has 0 radical (unpaired) electrons. The highest BCUT2D eigenvalue weighted by Crippen LogP contribution is 2.28. The van der Waals surface area contributed by atoms with Crippen LogP contribution in [0.1, 0.15) is 6.42 Å². The number of aliphatic hydroxyl groups is 1. The molecule has 2 aliphatic rings. The monoisotopic (exact) mass is 169 g/mol. The van der Waals surface area contributed by atoms with Gasteiger partial charge >= 0.3 is 0 Å². The Balaban J connectivity index is 2.06. The first-order chi connectivity index (χ1) is 5.83. The van der Waals surface area contributed by atoms with Gasteiger partial charge in [-0.1, -0.05) is 6.08 Å². The van der Waals surface area contributed by atoms with Gasteiger partial charge in [0.25, 0.3) is 0 Å². The topological polar surface area (TPSA) is 32.7 Å². The van der Waals surface area contributed by atoms with Gasteiger partial charge in [-0.2, -0.15) is 0 Å². The molecule has 2 aliphatic heterocycles. The van der Waals surface area contributed by atoms with Crippen LogP contribution in [0.25, 0.3) is 0 Å². The average molecular weight is 169 g/mol. The molecule has 2 rings (SSSR count). The summed E-state index contributed by atoms with van der Waals surface area (Å²) in [6.07, 6.45) is 2.91. The van der Waals surface area contributed by atoms with Crippen LogP contribution in [0.3, 0.4) is 0 Å². The summed E-state index contributed by atoms with van der Waals surface area (Å²) in [5.74, 6) is 0. The standard InChI is InChI=1S/C9H15NO2/c1-12-6-7-2-4-10-5-3-8(11)9(7)10/h2,8-9,11H,3-6H2,1H3/t8-,9+/m0/s1. The van der Waals surface area contributed by atoms with Crippen LogP contribution >= 0.6 is 0 Å². The fourth-order valence-electron chi connectivity index (χ4n) is 2.19. The molecule has 0 bridgehead atoms. The van der Waals surface area contributed by atoms with Crippen molar-refractivity contribution in [2.45, 2.75) is 18.6 Å². The zero-order chi connectivity index (χ0) is 8.55. The van der Waals surface area contributed by atoms with Crippen molar-refractivity contribution >= 4 is 0 Å². The Morgan fingerprint density at radius 1 is 1.75 bits per heavy atom. The van der Waals surface area contributed by atoms with Gasteiger partial charge in [0.15, 0.2) is 0 Å². The van der Waals surface area contributed by atoms with Crippen LogP contribution in [0, 0.1) is 0 Å². The zero-order valence-corrected chi connectivity index (χ0v) is 7.36. The highest BCUT2D eigenvalue weighted by Gasteiger charge is 2.37. The highest BCUT2D eigenvalue weighted by atomic mass is 16.5. The lowest BCUT2D eigenvalue weighted by atomic mass is 10.1. The number of rotatable bonds is 2. The van der Waals surface area contributed by atoms with E-state index in [2.05, 4.69) is 11.0 Å². The van der Waals surface area contributed by atoms with Gasteiger partial charge in [0.2, 0.25) is 0 Å². The predicted octanol–water partition coefficient (Wildman–Crippen LogP) is 0.00800. The van der Waals surface area contributed by atoms with Crippen molar-refractivity contribution < 1.29 is 9.84 Å². The van der Waals surface area contributed by atoms with Crippen LogP contribution in [0.2, 0.25) is 0 Å². The Morgan fingerprint density at radius 2 is 2.58 bits per heavy atom. The lowest BCUT2D eigenvalue weighted by Gasteiger charge is -2.20. The summed E-state index contributed by atoms with van der Waals surface area (Å²) in [7, 11) is 1.70. The molecule has 1 N–H and O–H groups in total. The third-order valence-corrected chi connectivity index (χ3v) is 2.75. The number of hydrogen-bond acceptors (Lipinski definition) is 3. The van der Waals surface area contributed by atoms with E-state index in [1.807, 2.05) is 0 Å². The number of aliphatic hydroxyl groups excluding tert-OH is 1. The minimum atomic E-state index is -0.172. The molecule has 0 unspecified atom stereocenters. The summed E-state index contributed by atoms with van der Waals surface area (Å²) in [4.78, 5) is 2.30.